The van der Waals surface area contributed by atoms with Gasteiger partial charge in [-0.3, -0.25) is 0 Å². The molecule has 27 heavy (non-hydrogen) atoms. The zero-order valence-corrected chi connectivity index (χ0v) is 19.5. The van der Waals surface area contributed by atoms with Crippen molar-refractivity contribution in [3.05, 3.63) is 0 Å². The Morgan fingerprint density at radius 1 is 0.630 bits per heavy atom. The van der Waals surface area contributed by atoms with Crippen LogP contribution >= 0.6 is 0 Å². The molecular formula is C24H54N2O. The number of likely N-dealkylation sites (N-methyl/N-ethyl adjacent to an activating group) is 1. The number of hydrogen-bond acceptors (Lipinski definition) is 3. The molecule has 0 aromatic heterocycles. The average Bonchev–Trinajstić information content (AvgIpc) is 2.65. The number of rotatable bonds is 19. The van der Waals surface area contributed by atoms with Crippen LogP contribution in [0, 0.1) is 0 Å². The second kappa shape index (κ2) is 25.9. The number of unbranched alkanes of at least 4 members (excludes halogenated alkanes) is 15. The Morgan fingerprint density at radius 2 is 0.963 bits per heavy atom. The van der Waals surface area contributed by atoms with Gasteiger partial charge in [0.15, 0.2) is 0 Å². The lowest BCUT2D eigenvalue weighted by Crippen LogP contribution is -2.24. The smallest absolute Gasteiger partial charge is 0.0664 e. The van der Waals surface area contributed by atoms with Crippen LogP contribution in [-0.4, -0.2) is 43.3 Å². The first-order chi connectivity index (χ1) is 13.1. The molecule has 0 aliphatic heterocycles. The van der Waals surface area contributed by atoms with Gasteiger partial charge in [-0.25, -0.2) is 0 Å². The summed E-state index contributed by atoms with van der Waals surface area (Å²) in [4.78, 5) is 1.98. The summed E-state index contributed by atoms with van der Waals surface area (Å²) in [6, 6.07) is 0. The monoisotopic (exact) mass is 386 g/mol. The molecule has 3 nitrogen and oxygen atoms in total. The summed E-state index contributed by atoms with van der Waals surface area (Å²) in [6.07, 6.45) is 23.6. The molecule has 0 radical (unpaired) electrons. The van der Waals surface area contributed by atoms with Gasteiger partial charge in [0.2, 0.25) is 0 Å². The maximum atomic E-state index is 8.99. The van der Waals surface area contributed by atoms with Gasteiger partial charge < -0.3 is 15.7 Å². The summed E-state index contributed by atoms with van der Waals surface area (Å²) in [5.74, 6) is 0. The molecule has 0 bridgehead atoms. The van der Waals surface area contributed by atoms with Crippen LogP contribution in [0.4, 0.5) is 0 Å². The third-order valence-corrected chi connectivity index (χ3v) is 5.10. The average molecular weight is 387 g/mol. The van der Waals surface area contributed by atoms with E-state index in [1.54, 1.807) is 0 Å². The molecule has 0 aromatic rings. The first-order valence-corrected chi connectivity index (χ1v) is 12.1. The Labute approximate surface area is 172 Å². The fraction of sp³-hybridized carbons (Fsp3) is 1.00. The predicted molar refractivity (Wildman–Crippen MR) is 123 cm³/mol. The summed E-state index contributed by atoms with van der Waals surface area (Å²) in [7, 11) is 3.91. The normalized spacial score (nSPS) is 12.1. The Balaban J connectivity index is 0. The van der Waals surface area contributed by atoms with Crippen LogP contribution in [0.3, 0.4) is 0 Å². The van der Waals surface area contributed by atoms with Crippen molar-refractivity contribution in [3.8, 4) is 0 Å². The molecular weight excluding hydrogens is 332 g/mol. The number of hydrogen-bond donors (Lipinski definition) is 2. The van der Waals surface area contributed by atoms with Crippen molar-refractivity contribution in [1.29, 1.82) is 0 Å². The standard InChI is InChI=1S/C18H39N.C6H15NO/c1-2-3-4-5-6-7-8-9-10-11-12-13-14-15-16-17-18-19;1-4-6(8)5-7(2)3/h2-19H2,1H3;6,8H,4-5H2,1-3H3. The van der Waals surface area contributed by atoms with Crippen LogP contribution in [0.2, 0.25) is 0 Å². The van der Waals surface area contributed by atoms with Gasteiger partial charge in [-0.05, 0) is 33.5 Å². The van der Waals surface area contributed by atoms with E-state index in [4.69, 9.17) is 10.8 Å². The molecule has 0 heterocycles. The highest BCUT2D eigenvalue weighted by Crippen LogP contribution is 2.13. The van der Waals surface area contributed by atoms with E-state index in [9.17, 15) is 0 Å². The Hall–Kier alpha value is -0.120. The van der Waals surface area contributed by atoms with Gasteiger partial charge in [-0.1, -0.05) is 110 Å². The number of nitrogens with two attached hydrogens (primary N) is 1. The van der Waals surface area contributed by atoms with E-state index < -0.39 is 0 Å². The van der Waals surface area contributed by atoms with Crippen molar-refractivity contribution in [3.63, 3.8) is 0 Å². The fourth-order valence-corrected chi connectivity index (χ4v) is 3.24. The highest BCUT2D eigenvalue weighted by molar-refractivity contribution is 4.54. The predicted octanol–water partition coefficient (Wildman–Crippen LogP) is 6.53. The molecule has 0 saturated carbocycles. The molecule has 0 aromatic carbocycles. The van der Waals surface area contributed by atoms with Crippen LogP contribution < -0.4 is 5.73 Å². The van der Waals surface area contributed by atoms with Crippen molar-refractivity contribution < 1.29 is 5.11 Å². The van der Waals surface area contributed by atoms with Gasteiger partial charge >= 0.3 is 0 Å². The highest BCUT2D eigenvalue weighted by Gasteiger charge is 1.99. The molecule has 1 unspecified atom stereocenters. The lowest BCUT2D eigenvalue weighted by atomic mass is 10.0. The fourth-order valence-electron chi connectivity index (χ4n) is 3.24. The Morgan fingerprint density at radius 3 is 1.19 bits per heavy atom. The van der Waals surface area contributed by atoms with Gasteiger partial charge in [0.25, 0.3) is 0 Å². The second-order valence-corrected chi connectivity index (χ2v) is 8.42. The second-order valence-electron chi connectivity index (χ2n) is 8.42. The summed E-state index contributed by atoms with van der Waals surface area (Å²) in [5, 5.41) is 8.99. The first-order valence-electron chi connectivity index (χ1n) is 12.1. The number of aliphatic hydroxyl groups is 1. The third kappa shape index (κ3) is 30.8. The van der Waals surface area contributed by atoms with Gasteiger partial charge in [-0.15, -0.1) is 0 Å². The Bertz CT molecular complexity index is 231. The maximum absolute atomic E-state index is 8.99. The van der Waals surface area contributed by atoms with E-state index in [1.165, 1.54) is 103 Å². The lowest BCUT2D eigenvalue weighted by Gasteiger charge is -2.13. The van der Waals surface area contributed by atoms with Crippen molar-refractivity contribution in [2.45, 2.75) is 129 Å². The summed E-state index contributed by atoms with van der Waals surface area (Å²) >= 11 is 0. The van der Waals surface area contributed by atoms with Crippen molar-refractivity contribution in [1.82, 2.24) is 4.90 Å². The molecule has 3 N–H and O–H groups in total. The molecule has 0 saturated heterocycles. The van der Waals surface area contributed by atoms with Crippen LogP contribution in [0.15, 0.2) is 0 Å². The Kier molecular flexibility index (Phi) is 27.9. The zero-order chi connectivity index (χ0) is 20.6. The SMILES string of the molecule is CCC(O)CN(C)C.CCCCCCCCCCCCCCCCCCN. The van der Waals surface area contributed by atoms with E-state index >= 15 is 0 Å². The lowest BCUT2D eigenvalue weighted by molar-refractivity contribution is 0.133. The van der Waals surface area contributed by atoms with E-state index in [0.717, 1.165) is 19.5 Å². The minimum atomic E-state index is -0.148. The van der Waals surface area contributed by atoms with Crippen molar-refractivity contribution in [2.24, 2.45) is 5.73 Å². The van der Waals surface area contributed by atoms with Gasteiger partial charge in [-0.2, -0.15) is 0 Å². The van der Waals surface area contributed by atoms with Crippen molar-refractivity contribution in [2.75, 3.05) is 27.2 Å². The minimum Gasteiger partial charge on any atom is -0.392 e. The van der Waals surface area contributed by atoms with Gasteiger partial charge in [0, 0.05) is 6.54 Å². The summed E-state index contributed by atoms with van der Waals surface area (Å²) < 4.78 is 0. The van der Waals surface area contributed by atoms with Gasteiger partial charge in [0.05, 0.1) is 6.10 Å². The highest BCUT2D eigenvalue weighted by atomic mass is 16.3. The molecule has 0 aliphatic rings. The van der Waals surface area contributed by atoms with Crippen LogP contribution in [-0.2, 0) is 0 Å². The molecule has 0 spiro atoms. The molecule has 166 valence electrons. The molecule has 1 atom stereocenters. The maximum Gasteiger partial charge on any atom is 0.0664 e. The first kappa shape index (κ1) is 29.1. The molecule has 0 amide bonds. The topological polar surface area (TPSA) is 49.5 Å². The minimum absolute atomic E-state index is 0.148. The summed E-state index contributed by atoms with van der Waals surface area (Å²) in [6.45, 7) is 5.92. The number of nitrogens with zero attached hydrogens (tertiary/aromatic N) is 1. The van der Waals surface area contributed by atoms with E-state index in [1.807, 2.05) is 25.9 Å². The summed E-state index contributed by atoms with van der Waals surface area (Å²) in [5.41, 5.74) is 5.48. The van der Waals surface area contributed by atoms with E-state index in [2.05, 4.69) is 6.92 Å². The van der Waals surface area contributed by atoms with Crippen LogP contribution in [0.1, 0.15) is 123 Å². The number of aliphatic hydroxyl groups excluding tert-OH is 1. The quantitative estimate of drug-likeness (QED) is 0.248. The van der Waals surface area contributed by atoms with Crippen LogP contribution in [0.5, 0.6) is 0 Å². The molecule has 0 rings (SSSR count). The van der Waals surface area contributed by atoms with Gasteiger partial charge in [0.1, 0.15) is 0 Å². The van der Waals surface area contributed by atoms with Crippen molar-refractivity contribution >= 4 is 0 Å². The zero-order valence-electron chi connectivity index (χ0n) is 19.5. The molecule has 3 heteroatoms. The van der Waals surface area contributed by atoms with E-state index in [-0.39, 0.29) is 6.10 Å². The molecule has 0 fully saturated rings. The van der Waals surface area contributed by atoms with Crippen LogP contribution in [0.25, 0.3) is 0 Å². The third-order valence-electron chi connectivity index (χ3n) is 5.10. The largest absolute Gasteiger partial charge is 0.392 e. The van der Waals surface area contributed by atoms with E-state index in [0.29, 0.717) is 0 Å². The molecule has 0 aliphatic carbocycles.